The van der Waals surface area contributed by atoms with Crippen LogP contribution in [0.25, 0.3) is 0 Å². The Bertz CT molecular complexity index is 834. The Morgan fingerprint density at radius 1 is 1.17 bits per heavy atom. The molecule has 152 valence electrons. The van der Waals surface area contributed by atoms with Gasteiger partial charge in [-0.15, -0.1) is 0 Å². The van der Waals surface area contributed by atoms with Gasteiger partial charge in [0.2, 0.25) is 5.91 Å². The van der Waals surface area contributed by atoms with Crippen molar-refractivity contribution in [2.24, 2.45) is 5.92 Å². The van der Waals surface area contributed by atoms with E-state index in [1.165, 1.54) is 24.8 Å². The number of benzene rings is 2. The quantitative estimate of drug-likeness (QED) is 0.731. The Labute approximate surface area is 173 Å². The first-order valence-corrected chi connectivity index (χ1v) is 10.3. The molecule has 1 aliphatic heterocycles. The lowest BCUT2D eigenvalue weighted by molar-refractivity contribution is -0.116. The average Bonchev–Trinajstić information content (AvgIpc) is 2.77. The number of likely N-dealkylation sites (tertiary alicyclic amines) is 1. The monoisotopic (exact) mass is 391 g/mol. The zero-order chi connectivity index (χ0) is 20.5. The van der Waals surface area contributed by atoms with Crippen LogP contribution in [0.5, 0.6) is 5.75 Å². The lowest BCUT2D eigenvalue weighted by Crippen LogP contribution is -2.35. The van der Waals surface area contributed by atoms with E-state index in [0.29, 0.717) is 17.7 Å². The van der Waals surface area contributed by atoms with Crippen molar-refractivity contribution < 1.29 is 9.53 Å². The summed E-state index contributed by atoms with van der Waals surface area (Å²) in [7, 11) is 1.69. The summed E-state index contributed by atoms with van der Waals surface area (Å²) >= 11 is 0. The van der Waals surface area contributed by atoms with Crippen LogP contribution in [0.4, 0.5) is 5.69 Å². The fourth-order valence-electron chi connectivity index (χ4n) is 3.82. The number of ether oxygens (including phenoxy) is 1. The van der Waals surface area contributed by atoms with Crippen molar-refractivity contribution in [2.45, 2.75) is 32.1 Å². The Kier molecular flexibility index (Phi) is 7.66. The molecule has 1 aliphatic rings. The Morgan fingerprint density at radius 2 is 1.90 bits per heavy atom. The van der Waals surface area contributed by atoms with Crippen LogP contribution in [0, 0.1) is 17.2 Å². The van der Waals surface area contributed by atoms with Crippen LogP contribution in [0.3, 0.4) is 0 Å². The highest BCUT2D eigenvalue weighted by atomic mass is 16.5. The molecule has 5 heteroatoms. The maximum atomic E-state index is 12.2. The van der Waals surface area contributed by atoms with Gasteiger partial charge in [0.1, 0.15) is 11.8 Å². The Balaban J connectivity index is 1.35. The number of methoxy groups -OCH3 is 1. The van der Waals surface area contributed by atoms with Crippen LogP contribution in [0.15, 0.2) is 48.5 Å². The molecule has 0 saturated carbocycles. The van der Waals surface area contributed by atoms with Gasteiger partial charge >= 0.3 is 0 Å². The smallest absolute Gasteiger partial charge is 0.225 e. The number of nitriles is 1. The number of aryl methyl sites for hydroxylation is 1. The molecular weight excluding hydrogens is 362 g/mol. The molecule has 2 aromatic carbocycles. The molecule has 1 N–H and O–H groups in total. The lowest BCUT2D eigenvalue weighted by atomic mass is 9.90. The van der Waals surface area contributed by atoms with Gasteiger partial charge in [-0.25, -0.2) is 0 Å². The summed E-state index contributed by atoms with van der Waals surface area (Å²) in [5, 5.41) is 12.0. The van der Waals surface area contributed by atoms with Gasteiger partial charge in [0.15, 0.2) is 0 Å². The molecule has 1 amide bonds. The molecule has 1 heterocycles. The van der Waals surface area contributed by atoms with E-state index in [2.05, 4.69) is 28.4 Å². The van der Waals surface area contributed by atoms with E-state index >= 15 is 0 Å². The number of carbonyl (C=O) groups excluding carboxylic acids is 1. The van der Waals surface area contributed by atoms with Gasteiger partial charge in [0.25, 0.3) is 0 Å². The minimum atomic E-state index is -0.0330. The second-order valence-corrected chi connectivity index (χ2v) is 7.63. The van der Waals surface area contributed by atoms with Gasteiger partial charge in [-0.3, -0.25) is 4.79 Å². The number of rotatable bonds is 8. The average molecular weight is 392 g/mol. The number of carbonyl (C=O) groups is 1. The molecule has 1 fully saturated rings. The predicted molar refractivity (Wildman–Crippen MR) is 115 cm³/mol. The maximum Gasteiger partial charge on any atom is 0.225 e. The summed E-state index contributed by atoms with van der Waals surface area (Å²) in [4.78, 5) is 14.6. The van der Waals surface area contributed by atoms with Crippen LogP contribution in [0.1, 0.15) is 36.8 Å². The number of piperidine rings is 1. The first-order valence-electron chi connectivity index (χ1n) is 10.3. The van der Waals surface area contributed by atoms with Crippen LogP contribution in [-0.2, 0) is 11.2 Å². The number of anilines is 1. The molecule has 1 saturated heterocycles. The molecule has 3 rings (SSSR count). The number of hydrogen-bond donors (Lipinski definition) is 1. The second kappa shape index (κ2) is 10.6. The van der Waals surface area contributed by atoms with Gasteiger partial charge in [0, 0.05) is 13.0 Å². The van der Waals surface area contributed by atoms with Crippen molar-refractivity contribution in [1.29, 1.82) is 5.26 Å². The third-order valence-electron chi connectivity index (χ3n) is 5.68. The fraction of sp³-hybridized carbons (Fsp3) is 0.417. The van der Waals surface area contributed by atoms with Gasteiger partial charge in [0.05, 0.1) is 18.4 Å². The molecule has 0 aromatic heterocycles. The van der Waals surface area contributed by atoms with Crippen LogP contribution >= 0.6 is 0 Å². The number of hydrogen-bond acceptors (Lipinski definition) is 4. The summed E-state index contributed by atoms with van der Waals surface area (Å²) in [5.74, 6) is 1.63. The first-order chi connectivity index (χ1) is 14.2. The Hall–Kier alpha value is -2.84. The molecule has 29 heavy (non-hydrogen) atoms. The first kappa shape index (κ1) is 20.9. The predicted octanol–water partition coefficient (Wildman–Crippen LogP) is 4.24. The highest BCUT2D eigenvalue weighted by molar-refractivity contribution is 5.92. The van der Waals surface area contributed by atoms with E-state index in [0.717, 1.165) is 37.7 Å². The third-order valence-corrected chi connectivity index (χ3v) is 5.68. The molecule has 0 aliphatic carbocycles. The summed E-state index contributed by atoms with van der Waals surface area (Å²) < 4.78 is 5.21. The van der Waals surface area contributed by atoms with Crippen molar-refractivity contribution >= 4 is 11.6 Å². The molecule has 0 spiro atoms. The molecule has 2 aromatic rings. The lowest BCUT2D eigenvalue weighted by Gasteiger charge is -2.31. The van der Waals surface area contributed by atoms with Crippen LogP contribution in [-0.4, -0.2) is 37.6 Å². The summed E-state index contributed by atoms with van der Waals surface area (Å²) in [5.41, 5.74) is 2.46. The van der Waals surface area contributed by atoms with Crippen molar-refractivity contribution in [2.75, 3.05) is 32.1 Å². The zero-order valence-corrected chi connectivity index (χ0v) is 17.1. The molecule has 5 nitrogen and oxygen atoms in total. The number of nitrogens with one attached hydrogen (secondary N) is 1. The van der Waals surface area contributed by atoms with E-state index in [-0.39, 0.29) is 5.91 Å². The maximum absolute atomic E-state index is 12.2. The molecular formula is C24H29N3O2. The van der Waals surface area contributed by atoms with Gasteiger partial charge < -0.3 is 15.0 Å². The third kappa shape index (κ3) is 6.33. The minimum Gasteiger partial charge on any atom is -0.497 e. The van der Waals surface area contributed by atoms with Crippen molar-refractivity contribution in [3.8, 4) is 11.8 Å². The fourth-order valence-corrected chi connectivity index (χ4v) is 3.82. The highest BCUT2D eigenvalue weighted by Crippen LogP contribution is 2.23. The Morgan fingerprint density at radius 3 is 2.59 bits per heavy atom. The SMILES string of the molecule is COc1ccc(CCC2CCN(CCC(=O)Nc3ccccc3C#N)CC2)cc1. The van der Waals surface area contributed by atoms with Crippen molar-refractivity contribution in [3.05, 3.63) is 59.7 Å². The van der Waals surface area contributed by atoms with E-state index in [1.807, 2.05) is 18.2 Å². The van der Waals surface area contributed by atoms with E-state index in [1.54, 1.807) is 25.3 Å². The minimum absolute atomic E-state index is 0.0330. The summed E-state index contributed by atoms with van der Waals surface area (Å²) in [6.07, 6.45) is 5.15. The number of para-hydroxylation sites is 1. The zero-order valence-electron chi connectivity index (χ0n) is 17.1. The number of nitrogens with zero attached hydrogens (tertiary/aromatic N) is 2. The number of amides is 1. The van der Waals surface area contributed by atoms with Gasteiger partial charge in [-0.1, -0.05) is 24.3 Å². The van der Waals surface area contributed by atoms with E-state index in [4.69, 9.17) is 10.00 Å². The van der Waals surface area contributed by atoms with Gasteiger partial charge in [-0.2, -0.15) is 5.26 Å². The standard InChI is InChI=1S/C24H29N3O2/c1-29-22-10-8-19(9-11-22)6-7-20-12-15-27(16-13-20)17-14-24(28)26-23-5-3-2-4-21(23)18-25/h2-5,8-11,20H,6-7,12-17H2,1H3,(H,26,28). The van der Waals surface area contributed by atoms with Crippen LogP contribution in [0.2, 0.25) is 0 Å². The van der Waals surface area contributed by atoms with E-state index < -0.39 is 0 Å². The summed E-state index contributed by atoms with van der Waals surface area (Å²) in [6.45, 7) is 2.87. The second-order valence-electron chi connectivity index (χ2n) is 7.63. The summed E-state index contributed by atoms with van der Waals surface area (Å²) in [6, 6.07) is 17.6. The molecule has 0 atom stereocenters. The normalized spacial score (nSPS) is 14.9. The van der Waals surface area contributed by atoms with Gasteiger partial charge in [-0.05, 0) is 74.5 Å². The highest BCUT2D eigenvalue weighted by Gasteiger charge is 2.19. The van der Waals surface area contributed by atoms with Crippen molar-refractivity contribution in [1.82, 2.24) is 4.90 Å². The van der Waals surface area contributed by atoms with Crippen molar-refractivity contribution in [3.63, 3.8) is 0 Å². The molecule has 0 radical (unpaired) electrons. The molecule has 0 unspecified atom stereocenters. The molecule has 0 bridgehead atoms. The van der Waals surface area contributed by atoms with E-state index in [9.17, 15) is 4.79 Å². The largest absolute Gasteiger partial charge is 0.497 e. The topological polar surface area (TPSA) is 65.4 Å². The van der Waals surface area contributed by atoms with Crippen LogP contribution < -0.4 is 10.1 Å².